The van der Waals surface area contributed by atoms with Gasteiger partial charge in [0, 0.05) is 59.4 Å². The maximum atomic E-state index is 15.2. The number of hydrogen-bond donors (Lipinski definition) is 2. The zero-order valence-corrected chi connectivity index (χ0v) is 33.8. The molecule has 0 unspecified atom stereocenters. The predicted molar refractivity (Wildman–Crippen MR) is 212 cm³/mol. The Bertz CT molecular complexity index is 2420. The number of likely N-dealkylation sites (tertiary alicyclic amines) is 1. The van der Waals surface area contributed by atoms with Gasteiger partial charge in [0.25, 0.3) is 0 Å². The van der Waals surface area contributed by atoms with Gasteiger partial charge in [0.05, 0.1) is 42.3 Å². The molecule has 4 amide bonds. The molecule has 2 aliphatic heterocycles. The van der Waals surface area contributed by atoms with Crippen LogP contribution in [0.25, 0.3) is 20.7 Å². The van der Waals surface area contributed by atoms with Gasteiger partial charge in [0.2, 0.25) is 23.6 Å². The maximum absolute atomic E-state index is 15.2. The second kappa shape index (κ2) is 14.3. The summed E-state index contributed by atoms with van der Waals surface area (Å²) in [6.45, 7) is 3.90. The van der Waals surface area contributed by atoms with Crippen LogP contribution in [-0.4, -0.2) is 75.3 Å². The standard InChI is InChI=1S/C42H43ClN4O9S/c1-20-25-15-21(43)10-13-31(25)57-37(20)28-19-32(45(3)44-28)47-39(52)27-18-26-23(11-12-24-34(26)40(53)46(38(24)51)14-8-6-7-9-33(49)50)36(42(27,2)41(47)54)35-29(48)16-22(55-4)17-30(35)56-5/h10-11,13,15-17,19,24,26-27,34,36,48H,6-9,12,14,18H2,1-5H3,(H,49,50)/t24-,26+,27-,34-,36+,42+/m0/s1. The van der Waals surface area contributed by atoms with Crippen LogP contribution < -0.4 is 14.4 Å². The van der Waals surface area contributed by atoms with Crippen molar-refractivity contribution in [3.05, 3.63) is 64.2 Å². The second-order valence-electron chi connectivity index (χ2n) is 15.7. The molecule has 2 aromatic carbocycles. The number of amides is 4. The van der Waals surface area contributed by atoms with Crippen LogP contribution in [0.3, 0.4) is 0 Å². The van der Waals surface area contributed by atoms with E-state index in [1.54, 1.807) is 26.1 Å². The van der Waals surface area contributed by atoms with Gasteiger partial charge in [-0.3, -0.25) is 33.6 Å². The lowest BCUT2D eigenvalue weighted by Crippen LogP contribution is -2.49. The Kier molecular flexibility index (Phi) is 9.71. The predicted octanol–water partition coefficient (Wildman–Crippen LogP) is 6.86. The highest BCUT2D eigenvalue weighted by Crippen LogP contribution is 2.65. The average molecular weight is 815 g/mol. The minimum atomic E-state index is -1.45. The smallest absolute Gasteiger partial charge is 0.303 e. The Labute approximate surface area is 337 Å². The van der Waals surface area contributed by atoms with E-state index < -0.39 is 52.8 Å². The van der Waals surface area contributed by atoms with Gasteiger partial charge in [-0.25, -0.2) is 4.90 Å². The van der Waals surface area contributed by atoms with Crippen molar-refractivity contribution >= 4 is 68.4 Å². The molecule has 4 heterocycles. The molecule has 4 aromatic rings. The fraction of sp³-hybridized carbons (Fsp3) is 0.429. The number of aromatic hydroxyl groups is 1. The van der Waals surface area contributed by atoms with E-state index in [-0.39, 0.29) is 54.9 Å². The van der Waals surface area contributed by atoms with Crippen LogP contribution in [0.5, 0.6) is 17.2 Å². The third-order valence-corrected chi connectivity index (χ3v) is 14.2. The number of carbonyl (C=O) groups is 5. The SMILES string of the molecule is COc1cc(O)c([C@H]2C3=CC[C@@H]4C(=O)N(CCCCCC(=O)O)C(=O)[C@@H]4[C@@H]3C[C@H]3C(=O)N(c4cc(-c5sc6ccc(Cl)cc6c5C)nn4C)C(=O)[C@@]23C)c(OC)c1. The molecule has 4 aliphatic rings. The van der Waals surface area contributed by atoms with Crippen LogP contribution in [0.2, 0.25) is 5.02 Å². The van der Waals surface area contributed by atoms with Crippen molar-refractivity contribution in [1.29, 1.82) is 0 Å². The van der Waals surface area contributed by atoms with Gasteiger partial charge in [-0.15, -0.1) is 11.3 Å². The average Bonchev–Trinajstić information content (AvgIpc) is 3.85. The molecule has 2 aliphatic carbocycles. The first-order valence-corrected chi connectivity index (χ1v) is 20.2. The summed E-state index contributed by atoms with van der Waals surface area (Å²) in [5.41, 5.74) is 1.11. The quantitative estimate of drug-likeness (QED) is 0.0927. The molecule has 0 spiro atoms. The highest BCUT2D eigenvalue weighted by atomic mass is 35.5. The van der Waals surface area contributed by atoms with E-state index in [1.165, 1.54) is 46.1 Å². The summed E-state index contributed by atoms with van der Waals surface area (Å²) >= 11 is 7.86. The normalized spacial score (nSPS) is 25.5. The van der Waals surface area contributed by atoms with Gasteiger partial charge in [-0.05, 0) is 74.6 Å². The second-order valence-corrected chi connectivity index (χ2v) is 17.2. The lowest BCUT2D eigenvalue weighted by molar-refractivity contribution is -0.141. The molecule has 3 fully saturated rings. The lowest BCUT2D eigenvalue weighted by atomic mass is 9.51. The van der Waals surface area contributed by atoms with Gasteiger partial charge in [-0.2, -0.15) is 5.10 Å². The number of carbonyl (C=O) groups excluding carboxylic acids is 4. The van der Waals surface area contributed by atoms with E-state index in [0.29, 0.717) is 46.9 Å². The molecule has 0 bridgehead atoms. The Morgan fingerprint density at radius 2 is 1.79 bits per heavy atom. The van der Waals surface area contributed by atoms with Gasteiger partial charge < -0.3 is 19.7 Å². The van der Waals surface area contributed by atoms with E-state index in [2.05, 4.69) is 0 Å². The summed E-state index contributed by atoms with van der Waals surface area (Å²) in [4.78, 5) is 72.7. The van der Waals surface area contributed by atoms with Crippen molar-refractivity contribution in [2.24, 2.45) is 36.1 Å². The Morgan fingerprint density at radius 3 is 2.51 bits per heavy atom. The molecule has 13 nitrogen and oxygen atoms in total. The fourth-order valence-electron chi connectivity index (χ4n) is 9.93. The first-order chi connectivity index (χ1) is 27.2. The maximum Gasteiger partial charge on any atom is 0.303 e. The van der Waals surface area contributed by atoms with Crippen molar-refractivity contribution in [2.45, 2.75) is 58.3 Å². The van der Waals surface area contributed by atoms with E-state index in [0.717, 1.165) is 20.5 Å². The van der Waals surface area contributed by atoms with Crippen LogP contribution in [0.1, 0.15) is 62.5 Å². The molecule has 2 aromatic heterocycles. The number of phenolic OH excluding ortho intramolecular Hbond substituents is 1. The van der Waals surface area contributed by atoms with Crippen LogP contribution in [0, 0.1) is 36.0 Å². The van der Waals surface area contributed by atoms with Crippen LogP contribution in [0.4, 0.5) is 5.82 Å². The minimum absolute atomic E-state index is 0.00959. The molecule has 57 heavy (non-hydrogen) atoms. The first-order valence-electron chi connectivity index (χ1n) is 19.0. The number of unbranched alkanes of at least 4 members (excludes halogenated alkanes) is 2. The molecule has 8 rings (SSSR count). The zero-order chi connectivity index (χ0) is 40.7. The van der Waals surface area contributed by atoms with Crippen molar-refractivity contribution < 1.29 is 43.7 Å². The minimum Gasteiger partial charge on any atom is -0.507 e. The number of thiophene rings is 1. The highest BCUT2D eigenvalue weighted by Gasteiger charge is 2.68. The number of ether oxygens (including phenoxy) is 2. The van der Waals surface area contributed by atoms with Crippen molar-refractivity contribution in [3.63, 3.8) is 0 Å². The molecule has 2 saturated heterocycles. The monoisotopic (exact) mass is 814 g/mol. The number of carboxylic acids is 1. The number of methoxy groups -OCH3 is 2. The molecular formula is C42H43ClN4O9S. The lowest BCUT2D eigenvalue weighted by Gasteiger charge is -2.49. The summed E-state index contributed by atoms with van der Waals surface area (Å²) in [6.07, 6.45) is 3.75. The number of fused-ring (bicyclic) bond motifs is 5. The largest absolute Gasteiger partial charge is 0.507 e. The number of halogens is 1. The topological polar surface area (TPSA) is 169 Å². The summed E-state index contributed by atoms with van der Waals surface area (Å²) in [5.74, 6) is -5.68. The zero-order valence-electron chi connectivity index (χ0n) is 32.2. The number of allylic oxidation sites excluding steroid dienone is 2. The van der Waals surface area contributed by atoms with Crippen LogP contribution in [0.15, 0.2) is 48.0 Å². The number of rotatable bonds is 11. The molecule has 0 radical (unpaired) electrons. The van der Waals surface area contributed by atoms with Crippen molar-refractivity contribution in [3.8, 4) is 27.8 Å². The summed E-state index contributed by atoms with van der Waals surface area (Å²) in [7, 11) is 4.59. The molecule has 298 valence electrons. The van der Waals surface area contributed by atoms with E-state index in [9.17, 15) is 24.3 Å². The number of phenols is 1. The van der Waals surface area contributed by atoms with E-state index in [4.69, 9.17) is 31.3 Å². The fourth-order valence-corrected chi connectivity index (χ4v) is 11.2. The number of aromatic nitrogens is 2. The molecule has 1 saturated carbocycles. The third kappa shape index (κ3) is 5.93. The van der Waals surface area contributed by atoms with Gasteiger partial charge in [-0.1, -0.05) is 29.7 Å². The molecular weight excluding hydrogens is 772 g/mol. The first kappa shape index (κ1) is 38.7. The van der Waals surface area contributed by atoms with Crippen molar-refractivity contribution in [1.82, 2.24) is 14.7 Å². The van der Waals surface area contributed by atoms with Crippen LogP contribution in [-0.2, 0) is 31.0 Å². The summed E-state index contributed by atoms with van der Waals surface area (Å²) in [6, 6.07) is 10.5. The van der Waals surface area contributed by atoms with Crippen LogP contribution >= 0.6 is 22.9 Å². The Balaban J connectivity index is 1.21. The third-order valence-electron chi connectivity index (χ3n) is 12.7. The van der Waals surface area contributed by atoms with Gasteiger partial charge >= 0.3 is 5.97 Å². The number of carboxylic acid groups (broad SMARTS) is 1. The Morgan fingerprint density at radius 1 is 1.02 bits per heavy atom. The number of anilines is 1. The summed E-state index contributed by atoms with van der Waals surface area (Å²) < 4.78 is 13.8. The van der Waals surface area contributed by atoms with Gasteiger partial charge in [0.15, 0.2) is 0 Å². The number of hydrogen-bond acceptors (Lipinski definition) is 10. The van der Waals surface area contributed by atoms with Gasteiger partial charge in [0.1, 0.15) is 28.8 Å². The highest BCUT2D eigenvalue weighted by molar-refractivity contribution is 7.22. The van der Waals surface area contributed by atoms with E-state index in [1.807, 2.05) is 31.2 Å². The molecule has 6 atom stereocenters. The number of benzene rings is 2. The summed E-state index contributed by atoms with van der Waals surface area (Å²) in [5, 5.41) is 27.2. The van der Waals surface area contributed by atoms with E-state index >= 15 is 4.79 Å². The number of aliphatic carboxylic acids is 1. The number of aryl methyl sites for hydroxylation is 2. The van der Waals surface area contributed by atoms with Crippen molar-refractivity contribution in [2.75, 3.05) is 25.7 Å². The Hall–Kier alpha value is -5.21. The molecule has 15 heteroatoms. The molecule has 2 N–H and O–H groups in total. The number of nitrogens with zero attached hydrogens (tertiary/aromatic N) is 4. The number of imide groups is 2.